The molecule has 0 aliphatic carbocycles. The Morgan fingerprint density at radius 3 is 1.95 bits per heavy atom. The van der Waals surface area contributed by atoms with Gasteiger partial charge in [-0.1, -0.05) is 12.1 Å². The molecule has 0 saturated carbocycles. The second-order valence-corrected chi connectivity index (χ2v) is 7.56. The number of carbonyl (C=O) groups excluding carboxylic acids is 3. The van der Waals surface area contributed by atoms with E-state index in [-0.39, 0.29) is 30.1 Å². The summed E-state index contributed by atoms with van der Waals surface area (Å²) in [4.78, 5) is 36.0. The van der Waals surface area contributed by atoms with Gasteiger partial charge in [-0.25, -0.2) is 14.4 Å². The molecule has 3 aromatic carbocycles. The minimum atomic E-state index is -4.50. The predicted molar refractivity (Wildman–Crippen MR) is 128 cm³/mol. The maximum atomic E-state index is 12.6. The first-order chi connectivity index (χ1) is 17.5. The molecule has 0 amide bonds. The van der Waals surface area contributed by atoms with Crippen molar-refractivity contribution in [3.63, 3.8) is 0 Å². The third-order valence-electron chi connectivity index (χ3n) is 4.72. The SMILES string of the molecule is Nc1cc(N)cc(C(=O)OCCOC(=O)/C=C/c2ccc(OC(=O)c3ccc(C(F)(F)F)cc3)cc2)c1. The fourth-order valence-electron chi connectivity index (χ4n) is 2.97. The van der Waals surface area contributed by atoms with E-state index in [0.717, 1.165) is 30.3 Å². The van der Waals surface area contributed by atoms with Crippen LogP contribution in [0.1, 0.15) is 31.8 Å². The van der Waals surface area contributed by atoms with E-state index in [1.807, 2.05) is 0 Å². The molecule has 37 heavy (non-hydrogen) atoms. The van der Waals surface area contributed by atoms with E-state index in [1.165, 1.54) is 36.4 Å². The largest absolute Gasteiger partial charge is 0.459 e. The number of rotatable bonds is 8. The Morgan fingerprint density at radius 1 is 0.757 bits per heavy atom. The highest BCUT2D eigenvalue weighted by Crippen LogP contribution is 2.29. The summed E-state index contributed by atoms with van der Waals surface area (Å²) in [5.41, 5.74) is 11.7. The van der Waals surface area contributed by atoms with Crippen molar-refractivity contribution in [3.8, 4) is 5.75 Å². The van der Waals surface area contributed by atoms with E-state index in [9.17, 15) is 27.6 Å². The van der Waals surface area contributed by atoms with Crippen molar-refractivity contribution in [2.75, 3.05) is 24.7 Å². The van der Waals surface area contributed by atoms with Crippen molar-refractivity contribution in [1.82, 2.24) is 0 Å². The van der Waals surface area contributed by atoms with E-state index in [4.69, 9.17) is 25.7 Å². The second kappa shape index (κ2) is 11.8. The maximum absolute atomic E-state index is 12.6. The lowest BCUT2D eigenvalue weighted by atomic mass is 10.1. The van der Waals surface area contributed by atoms with Crippen LogP contribution in [0.4, 0.5) is 24.5 Å². The molecule has 0 aromatic heterocycles. The predicted octanol–water partition coefficient (Wildman–Crippen LogP) is 4.50. The molecule has 0 atom stereocenters. The van der Waals surface area contributed by atoms with Crippen molar-refractivity contribution >= 4 is 35.4 Å². The van der Waals surface area contributed by atoms with Crippen LogP contribution in [0.25, 0.3) is 6.08 Å². The smallest absolute Gasteiger partial charge is 0.416 e. The fraction of sp³-hybridized carbons (Fsp3) is 0.115. The lowest BCUT2D eigenvalue weighted by Crippen LogP contribution is -2.13. The number of halogens is 3. The summed E-state index contributed by atoms with van der Waals surface area (Å²) in [5.74, 6) is -2.00. The average Bonchev–Trinajstić information content (AvgIpc) is 2.85. The van der Waals surface area contributed by atoms with Gasteiger partial charge in [-0.05, 0) is 66.2 Å². The van der Waals surface area contributed by atoms with Crippen LogP contribution in [-0.4, -0.2) is 31.1 Å². The van der Waals surface area contributed by atoms with Gasteiger partial charge in [0.1, 0.15) is 19.0 Å². The van der Waals surface area contributed by atoms with Crippen molar-refractivity contribution in [2.24, 2.45) is 0 Å². The van der Waals surface area contributed by atoms with Crippen molar-refractivity contribution in [3.05, 3.63) is 95.1 Å². The molecule has 0 aliphatic rings. The van der Waals surface area contributed by atoms with Gasteiger partial charge in [0, 0.05) is 17.5 Å². The highest BCUT2D eigenvalue weighted by molar-refractivity contribution is 5.92. The highest BCUT2D eigenvalue weighted by Gasteiger charge is 2.30. The molecule has 0 fully saturated rings. The Kier molecular flexibility index (Phi) is 8.51. The van der Waals surface area contributed by atoms with Crippen LogP contribution in [0.2, 0.25) is 0 Å². The molecule has 4 N–H and O–H groups in total. The number of anilines is 2. The monoisotopic (exact) mass is 514 g/mol. The standard InChI is InChI=1S/C26H21F3N2O6/c27-26(28,29)19-6-4-17(5-7-19)25(34)37-22-8-1-16(2-9-22)3-10-23(32)35-11-12-36-24(33)18-13-20(30)15-21(31)14-18/h1-10,13-15H,11-12,30-31H2/b10-3+. The number of hydrogen-bond acceptors (Lipinski definition) is 8. The lowest BCUT2D eigenvalue weighted by molar-refractivity contribution is -0.139. The van der Waals surface area contributed by atoms with Gasteiger partial charge in [-0.15, -0.1) is 0 Å². The summed E-state index contributed by atoms with van der Waals surface area (Å²) in [6.07, 6.45) is -1.90. The van der Waals surface area contributed by atoms with E-state index >= 15 is 0 Å². The minimum absolute atomic E-state index is 0.0394. The lowest BCUT2D eigenvalue weighted by Gasteiger charge is -2.08. The molecule has 3 aromatic rings. The molecular formula is C26H21F3N2O6. The molecule has 0 radical (unpaired) electrons. The van der Waals surface area contributed by atoms with Gasteiger partial charge in [-0.2, -0.15) is 13.2 Å². The molecule has 0 bridgehead atoms. The topological polar surface area (TPSA) is 131 Å². The van der Waals surface area contributed by atoms with Crippen LogP contribution in [0.15, 0.2) is 72.8 Å². The van der Waals surface area contributed by atoms with Crippen molar-refractivity contribution in [2.45, 2.75) is 6.18 Å². The zero-order valence-electron chi connectivity index (χ0n) is 19.2. The van der Waals surface area contributed by atoms with Gasteiger partial charge < -0.3 is 25.7 Å². The Morgan fingerprint density at radius 2 is 1.35 bits per heavy atom. The van der Waals surface area contributed by atoms with Crippen molar-refractivity contribution < 1.29 is 41.8 Å². The normalized spacial score (nSPS) is 11.2. The summed E-state index contributed by atoms with van der Waals surface area (Å²) in [5, 5.41) is 0. The Labute approximate surface area is 209 Å². The number of esters is 3. The van der Waals surface area contributed by atoms with Crippen LogP contribution in [0.5, 0.6) is 5.75 Å². The molecular weight excluding hydrogens is 493 g/mol. The number of ether oxygens (including phenoxy) is 3. The van der Waals surface area contributed by atoms with E-state index in [2.05, 4.69) is 0 Å². The average molecular weight is 514 g/mol. The summed E-state index contributed by atoms with van der Waals surface area (Å²) >= 11 is 0. The van der Waals surface area contributed by atoms with Gasteiger partial charge in [0.05, 0.1) is 16.7 Å². The van der Waals surface area contributed by atoms with E-state index < -0.39 is 29.6 Å². The second-order valence-electron chi connectivity index (χ2n) is 7.56. The van der Waals surface area contributed by atoms with Crippen LogP contribution in [-0.2, 0) is 20.4 Å². The van der Waals surface area contributed by atoms with Gasteiger partial charge in [0.2, 0.25) is 0 Å². The van der Waals surface area contributed by atoms with E-state index in [0.29, 0.717) is 16.9 Å². The van der Waals surface area contributed by atoms with Crippen LogP contribution < -0.4 is 16.2 Å². The number of nitrogens with two attached hydrogens (primary N) is 2. The Hall–Kier alpha value is -4.80. The van der Waals surface area contributed by atoms with Gasteiger partial charge >= 0.3 is 24.1 Å². The molecule has 11 heteroatoms. The quantitative estimate of drug-likeness (QED) is 0.148. The fourth-order valence-corrected chi connectivity index (χ4v) is 2.97. The third kappa shape index (κ3) is 8.13. The van der Waals surface area contributed by atoms with Gasteiger partial charge in [0.15, 0.2) is 0 Å². The van der Waals surface area contributed by atoms with Crippen LogP contribution >= 0.6 is 0 Å². The van der Waals surface area contributed by atoms with Crippen molar-refractivity contribution in [1.29, 1.82) is 0 Å². The number of nitrogen functional groups attached to an aromatic ring is 2. The molecule has 0 spiro atoms. The summed E-state index contributed by atoms with van der Waals surface area (Å²) in [7, 11) is 0. The summed E-state index contributed by atoms with van der Waals surface area (Å²) in [6, 6.07) is 14.0. The van der Waals surface area contributed by atoms with Gasteiger partial charge in [-0.3, -0.25) is 0 Å². The molecule has 0 heterocycles. The highest BCUT2D eigenvalue weighted by atomic mass is 19.4. The number of alkyl halides is 3. The molecule has 0 unspecified atom stereocenters. The molecule has 0 aliphatic heterocycles. The zero-order valence-corrected chi connectivity index (χ0v) is 19.2. The molecule has 0 saturated heterocycles. The number of hydrogen-bond donors (Lipinski definition) is 2. The number of carbonyl (C=O) groups is 3. The molecule has 8 nitrogen and oxygen atoms in total. The van der Waals surface area contributed by atoms with Crippen LogP contribution in [0, 0.1) is 0 Å². The number of benzene rings is 3. The summed E-state index contributed by atoms with van der Waals surface area (Å²) in [6.45, 7) is -0.350. The Balaban J connectivity index is 1.43. The maximum Gasteiger partial charge on any atom is 0.416 e. The third-order valence-corrected chi connectivity index (χ3v) is 4.72. The minimum Gasteiger partial charge on any atom is -0.459 e. The zero-order chi connectivity index (χ0) is 27.0. The molecule has 3 rings (SSSR count). The molecule has 192 valence electrons. The first-order valence-corrected chi connectivity index (χ1v) is 10.7. The summed E-state index contributed by atoms with van der Waals surface area (Å²) < 4.78 is 53.0. The van der Waals surface area contributed by atoms with Gasteiger partial charge in [0.25, 0.3) is 0 Å². The van der Waals surface area contributed by atoms with Crippen LogP contribution in [0.3, 0.4) is 0 Å². The first kappa shape index (κ1) is 26.8. The first-order valence-electron chi connectivity index (χ1n) is 10.7. The Bertz CT molecular complexity index is 1280. The van der Waals surface area contributed by atoms with E-state index in [1.54, 1.807) is 12.1 Å².